The number of nitrogens with zero attached hydrogens (tertiary/aromatic N) is 1. The highest BCUT2D eigenvalue weighted by Gasteiger charge is 2.06. The Morgan fingerprint density at radius 3 is 2.80 bits per heavy atom. The van der Waals surface area contributed by atoms with Gasteiger partial charge in [-0.3, -0.25) is 0 Å². The molecule has 1 aliphatic rings. The van der Waals surface area contributed by atoms with E-state index < -0.39 is 0 Å². The quantitative estimate of drug-likeness (QED) is 0.710. The fourth-order valence-electron chi connectivity index (χ4n) is 1.15. The predicted molar refractivity (Wildman–Crippen MR) is 53.4 cm³/mol. The van der Waals surface area contributed by atoms with Crippen LogP contribution in [-0.4, -0.2) is 24.2 Å². The number of nitrogens with one attached hydrogen (secondary N) is 1. The van der Waals surface area contributed by atoms with Gasteiger partial charge in [-0.15, -0.1) is 0 Å². The summed E-state index contributed by atoms with van der Waals surface area (Å²) in [7, 11) is 0. The number of ether oxygens (including phenoxy) is 1. The van der Waals surface area contributed by atoms with Gasteiger partial charge in [-0.25, -0.2) is 9.78 Å². The molecule has 1 aromatic carbocycles. The Balaban J connectivity index is 0.000000124. The van der Waals surface area contributed by atoms with E-state index in [9.17, 15) is 4.79 Å². The normalized spacial score (nSPS) is 14.0. The molecule has 0 radical (unpaired) electrons. The number of para-hydroxylation sites is 2. The Labute approximate surface area is 86.0 Å². The average Bonchev–Trinajstić information content (AvgIpc) is 2.88. The second kappa shape index (κ2) is 4.45. The maximum absolute atomic E-state index is 9.91. The topological polar surface area (TPSA) is 64.4 Å². The highest BCUT2D eigenvalue weighted by atomic mass is 16.6. The van der Waals surface area contributed by atoms with Crippen LogP contribution in [0.5, 0.6) is 0 Å². The van der Waals surface area contributed by atoms with Gasteiger partial charge in [0.1, 0.15) is 12.1 Å². The third-order valence-electron chi connectivity index (χ3n) is 1.84. The molecule has 0 spiro atoms. The van der Waals surface area contributed by atoms with Crippen LogP contribution >= 0.6 is 0 Å². The summed E-state index contributed by atoms with van der Waals surface area (Å²) in [6.07, 6.45) is 1.15. The summed E-state index contributed by atoms with van der Waals surface area (Å²) in [5, 5.41) is 2.46. The molecule has 1 amide bonds. The molecule has 15 heavy (non-hydrogen) atoms. The average molecular weight is 206 g/mol. The van der Waals surface area contributed by atoms with Gasteiger partial charge in [-0.1, -0.05) is 12.1 Å². The van der Waals surface area contributed by atoms with E-state index in [1.807, 2.05) is 24.3 Å². The molecule has 1 N–H and O–H groups in total. The number of cyclic esters (lactones) is 1. The minimum Gasteiger partial charge on any atom is -0.448 e. The molecule has 1 saturated heterocycles. The molecule has 2 heterocycles. The van der Waals surface area contributed by atoms with Gasteiger partial charge in [-0.2, -0.15) is 0 Å². The molecule has 5 heteroatoms. The molecular weight excluding hydrogens is 196 g/mol. The van der Waals surface area contributed by atoms with Crippen molar-refractivity contribution in [1.82, 2.24) is 10.3 Å². The first-order chi connectivity index (χ1) is 7.36. The molecule has 1 fully saturated rings. The minimum atomic E-state index is -0.296. The second-order valence-electron chi connectivity index (χ2n) is 2.88. The number of rotatable bonds is 0. The van der Waals surface area contributed by atoms with Gasteiger partial charge in [0.25, 0.3) is 0 Å². The smallest absolute Gasteiger partial charge is 0.407 e. The Morgan fingerprint density at radius 1 is 1.33 bits per heavy atom. The number of fused-ring (bicyclic) bond motifs is 1. The van der Waals surface area contributed by atoms with Crippen LogP contribution in [0.25, 0.3) is 11.1 Å². The number of benzene rings is 1. The van der Waals surface area contributed by atoms with Crippen LogP contribution in [-0.2, 0) is 4.74 Å². The van der Waals surface area contributed by atoms with Crippen molar-refractivity contribution in [2.24, 2.45) is 0 Å². The van der Waals surface area contributed by atoms with E-state index in [1.165, 1.54) is 6.39 Å². The minimum absolute atomic E-state index is 0.296. The molecule has 1 aromatic heterocycles. The van der Waals surface area contributed by atoms with Gasteiger partial charge in [0.05, 0.1) is 6.54 Å². The Morgan fingerprint density at radius 2 is 2.20 bits per heavy atom. The van der Waals surface area contributed by atoms with Crippen LogP contribution in [0.1, 0.15) is 0 Å². The van der Waals surface area contributed by atoms with Gasteiger partial charge in [0.2, 0.25) is 0 Å². The van der Waals surface area contributed by atoms with Crippen LogP contribution in [0.4, 0.5) is 4.79 Å². The molecule has 0 unspecified atom stereocenters. The van der Waals surface area contributed by atoms with E-state index in [0.717, 1.165) is 11.1 Å². The summed E-state index contributed by atoms with van der Waals surface area (Å²) in [6.45, 7) is 1.19. The Hall–Kier alpha value is -2.04. The van der Waals surface area contributed by atoms with Crippen LogP contribution < -0.4 is 5.32 Å². The largest absolute Gasteiger partial charge is 0.448 e. The van der Waals surface area contributed by atoms with Crippen molar-refractivity contribution < 1.29 is 13.9 Å². The van der Waals surface area contributed by atoms with Crippen molar-refractivity contribution in [3.63, 3.8) is 0 Å². The Kier molecular flexibility index (Phi) is 2.82. The zero-order valence-electron chi connectivity index (χ0n) is 7.97. The van der Waals surface area contributed by atoms with Crippen LogP contribution in [0.2, 0.25) is 0 Å². The Bertz CT molecular complexity index is 414. The highest BCUT2D eigenvalue weighted by molar-refractivity contribution is 5.71. The zero-order valence-corrected chi connectivity index (χ0v) is 7.97. The number of hydrogen-bond acceptors (Lipinski definition) is 4. The van der Waals surface area contributed by atoms with Gasteiger partial charge < -0.3 is 14.5 Å². The molecular formula is C10H10N2O3. The predicted octanol–water partition coefficient (Wildman–Crippen LogP) is 1.55. The zero-order chi connectivity index (χ0) is 10.5. The van der Waals surface area contributed by atoms with E-state index in [4.69, 9.17) is 4.42 Å². The van der Waals surface area contributed by atoms with Crippen LogP contribution in [0.15, 0.2) is 35.1 Å². The molecule has 0 bridgehead atoms. The molecule has 2 aromatic rings. The molecule has 0 aliphatic carbocycles. The second-order valence-corrected chi connectivity index (χ2v) is 2.88. The monoisotopic (exact) mass is 206 g/mol. The lowest BCUT2D eigenvalue weighted by Crippen LogP contribution is -2.11. The summed E-state index contributed by atoms with van der Waals surface area (Å²) in [5.41, 5.74) is 1.76. The first-order valence-electron chi connectivity index (χ1n) is 4.55. The van der Waals surface area contributed by atoms with Gasteiger partial charge in [-0.05, 0) is 12.1 Å². The third-order valence-corrected chi connectivity index (χ3v) is 1.84. The SMILES string of the molecule is O=C1NCCO1.c1ccc2ocnc2c1. The number of alkyl carbamates (subject to hydrolysis) is 1. The maximum atomic E-state index is 9.91. The molecule has 0 saturated carbocycles. The van der Waals surface area contributed by atoms with Crippen molar-refractivity contribution in [3.05, 3.63) is 30.7 Å². The number of carbonyl (C=O) groups excluding carboxylic acids is 1. The lowest BCUT2D eigenvalue weighted by molar-refractivity contribution is 0.178. The molecule has 1 aliphatic heterocycles. The number of oxazole rings is 1. The van der Waals surface area contributed by atoms with E-state index in [2.05, 4.69) is 15.0 Å². The van der Waals surface area contributed by atoms with Crippen molar-refractivity contribution >= 4 is 17.2 Å². The number of carbonyl (C=O) groups is 1. The van der Waals surface area contributed by atoms with Gasteiger partial charge >= 0.3 is 6.09 Å². The third kappa shape index (κ3) is 2.46. The molecule has 3 rings (SSSR count). The van der Waals surface area contributed by atoms with Crippen molar-refractivity contribution in [2.45, 2.75) is 0 Å². The summed E-state index contributed by atoms with van der Waals surface area (Å²) < 4.78 is 9.41. The summed E-state index contributed by atoms with van der Waals surface area (Å²) in [5.74, 6) is 0. The number of aromatic nitrogens is 1. The van der Waals surface area contributed by atoms with Gasteiger partial charge in [0, 0.05) is 0 Å². The summed E-state index contributed by atoms with van der Waals surface area (Å²) >= 11 is 0. The van der Waals surface area contributed by atoms with Crippen LogP contribution in [0.3, 0.4) is 0 Å². The summed E-state index contributed by atoms with van der Waals surface area (Å²) in [6, 6.07) is 7.67. The number of hydrogen-bond donors (Lipinski definition) is 1. The summed E-state index contributed by atoms with van der Waals surface area (Å²) in [4.78, 5) is 13.9. The maximum Gasteiger partial charge on any atom is 0.407 e. The van der Waals surface area contributed by atoms with Crippen molar-refractivity contribution in [1.29, 1.82) is 0 Å². The fourth-order valence-corrected chi connectivity index (χ4v) is 1.15. The molecule has 5 nitrogen and oxygen atoms in total. The first-order valence-corrected chi connectivity index (χ1v) is 4.55. The fraction of sp³-hybridized carbons (Fsp3) is 0.200. The van der Waals surface area contributed by atoms with Gasteiger partial charge in [0.15, 0.2) is 12.0 Å². The standard InChI is InChI=1S/C7H5NO.C3H5NO2/c1-2-4-7-6(3-1)8-5-9-7;5-3-4-1-2-6-3/h1-5H;1-2H2,(H,4,5). The van der Waals surface area contributed by atoms with Crippen molar-refractivity contribution in [3.8, 4) is 0 Å². The van der Waals surface area contributed by atoms with Crippen LogP contribution in [0, 0.1) is 0 Å². The van der Waals surface area contributed by atoms with Crippen molar-refractivity contribution in [2.75, 3.05) is 13.2 Å². The highest BCUT2D eigenvalue weighted by Crippen LogP contribution is 2.09. The first kappa shape index (κ1) is 9.51. The van der Waals surface area contributed by atoms with E-state index >= 15 is 0 Å². The van der Waals surface area contributed by atoms with E-state index in [0.29, 0.717) is 13.2 Å². The lowest BCUT2D eigenvalue weighted by atomic mass is 10.3. The lowest BCUT2D eigenvalue weighted by Gasteiger charge is -1.80. The molecule has 0 atom stereocenters. The molecule has 78 valence electrons. The number of amides is 1. The van der Waals surface area contributed by atoms with E-state index in [1.54, 1.807) is 0 Å². The van der Waals surface area contributed by atoms with E-state index in [-0.39, 0.29) is 6.09 Å².